The van der Waals surface area contributed by atoms with Gasteiger partial charge in [-0.2, -0.15) is 4.31 Å². The van der Waals surface area contributed by atoms with E-state index in [1.807, 2.05) is 18.2 Å². The molecule has 1 aliphatic heterocycles. The van der Waals surface area contributed by atoms with Crippen molar-refractivity contribution in [3.05, 3.63) is 47.6 Å². The number of benzene rings is 1. The third-order valence-electron chi connectivity index (χ3n) is 4.34. The molecule has 1 aromatic carbocycles. The predicted molar refractivity (Wildman–Crippen MR) is 106 cm³/mol. The van der Waals surface area contributed by atoms with Gasteiger partial charge in [0, 0.05) is 19.3 Å². The summed E-state index contributed by atoms with van der Waals surface area (Å²) >= 11 is 3.25. The quantitative estimate of drug-likeness (QED) is 0.597. The number of hydrogen-bond donors (Lipinski definition) is 0. The molecular formula is C18H19N3O2S3. The number of thiazole rings is 1. The topological polar surface area (TPSA) is 63.2 Å². The number of sulfonamides is 1. The van der Waals surface area contributed by atoms with Crippen LogP contribution >= 0.6 is 23.1 Å². The lowest BCUT2D eigenvalue weighted by Gasteiger charge is -2.25. The summed E-state index contributed by atoms with van der Waals surface area (Å²) in [5.41, 5.74) is 1.02. The van der Waals surface area contributed by atoms with Gasteiger partial charge in [-0.05, 0) is 37.1 Å². The molecule has 1 aliphatic rings. The van der Waals surface area contributed by atoms with E-state index in [-0.39, 0.29) is 4.90 Å². The zero-order chi connectivity index (χ0) is 18.0. The minimum Gasteiger partial charge on any atom is -0.249 e. The molecule has 3 heterocycles. The molecule has 0 radical (unpaired) electrons. The van der Waals surface area contributed by atoms with E-state index < -0.39 is 10.0 Å². The van der Waals surface area contributed by atoms with Crippen LogP contribution in [0, 0.1) is 0 Å². The van der Waals surface area contributed by atoms with E-state index in [1.54, 1.807) is 39.5 Å². The Labute approximate surface area is 161 Å². The summed E-state index contributed by atoms with van der Waals surface area (Å²) in [6.07, 6.45) is 4.45. The SMILES string of the molecule is O=S(=O)(c1ccc(SCc2nc3ccccc3s2)nc1)N1CCCCC1. The van der Waals surface area contributed by atoms with Gasteiger partial charge in [-0.25, -0.2) is 18.4 Å². The van der Waals surface area contributed by atoms with E-state index in [2.05, 4.69) is 16.0 Å². The molecular weight excluding hydrogens is 386 g/mol. The molecule has 8 heteroatoms. The largest absolute Gasteiger partial charge is 0.249 e. The molecule has 0 atom stereocenters. The molecule has 1 fully saturated rings. The molecule has 0 unspecified atom stereocenters. The second-order valence-corrected chi connectivity index (χ2v) is 10.2. The first-order chi connectivity index (χ1) is 12.6. The van der Waals surface area contributed by atoms with Crippen LogP contribution in [0.3, 0.4) is 0 Å². The fraction of sp³-hybridized carbons (Fsp3) is 0.333. The summed E-state index contributed by atoms with van der Waals surface area (Å²) in [6.45, 7) is 1.22. The van der Waals surface area contributed by atoms with Crippen LogP contribution in [-0.2, 0) is 15.8 Å². The highest BCUT2D eigenvalue weighted by molar-refractivity contribution is 7.98. The van der Waals surface area contributed by atoms with E-state index in [0.717, 1.165) is 40.6 Å². The average Bonchev–Trinajstić information content (AvgIpc) is 3.10. The summed E-state index contributed by atoms with van der Waals surface area (Å²) in [5, 5.41) is 1.85. The Kier molecular flexibility index (Phi) is 5.26. The van der Waals surface area contributed by atoms with E-state index in [1.165, 1.54) is 10.9 Å². The number of hydrogen-bond acceptors (Lipinski definition) is 6. The minimum atomic E-state index is -3.41. The van der Waals surface area contributed by atoms with Crippen LogP contribution in [0.15, 0.2) is 52.5 Å². The smallest absolute Gasteiger partial charge is 0.244 e. The van der Waals surface area contributed by atoms with Crippen LogP contribution in [0.1, 0.15) is 24.3 Å². The summed E-state index contributed by atoms with van der Waals surface area (Å²) in [4.78, 5) is 9.24. The second kappa shape index (κ2) is 7.64. The predicted octanol–water partition coefficient (Wildman–Crippen LogP) is 4.16. The lowest BCUT2D eigenvalue weighted by Crippen LogP contribution is -2.35. The van der Waals surface area contributed by atoms with Crippen LogP contribution in [0.5, 0.6) is 0 Å². The van der Waals surface area contributed by atoms with Crippen LogP contribution in [0.2, 0.25) is 0 Å². The van der Waals surface area contributed by atoms with Crippen molar-refractivity contribution in [3.8, 4) is 0 Å². The molecule has 1 saturated heterocycles. The molecule has 136 valence electrons. The molecule has 2 aromatic heterocycles. The summed E-state index contributed by atoms with van der Waals surface area (Å²) in [7, 11) is -3.41. The van der Waals surface area contributed by atoms with Crippen molar-refractivity contribution in [3.63, 3.8) is 0 Å². The van der Waals surface area contributed by atoms with Gasteiger partial charge in [0.25, 0.3) is 0 Å². The average molecular weight is 406 g/mol. The Bertz CT molecular complexity index is 961. The van der Waals surface area contributed by atoms with E-state index in [9.17, 15) is 8.42 Å². The molecule has 0 bridgehead atoms. The normalized spacial score (nSPS) is 16.2. The first kappa shape index (κ1) is 17.9. The van der Waals surface area contributed by atoms with Crippen LogP contribution in [-0.4, -0.2) is 35.8 Å². The maximum Gasteiger partial charge on any atom is 0.244 e. The fourth-order valence-electron chi connectivity index (χ4n) is 2.98. The Morgan fingerprint density at radius 1 is 1.08 bits per heavy atom. The van der Waals surface area contributed by atoms with E-state index in [4.69, 9.17) is 0 Å². The number of nitrogens with zero attached hydrogens (tertiary/aromatic N) is 3. The fourth-order valence-corrected chi connectivity index (χ4v) is 6.24. The zero-order valence-electron chi connectivity index (χ0n) is 14.2. The molecule has 4 rings (SSSR count). The maximum absolute atomic E-state index is 12.6. The number of para-hydroxylation sites is 1. The van der Waals surface area contributed by atoms with Gasteiger partial charge < -0.3 is 0 Å². The molecule has 5 nitrogen and oxygen atoms in total. The first-order valence-corrected chi connectivity index (χ1v) is 11.8. The van der Waals surface area contributed by atoms with Gasteiger partial charge in [0.1, 0.15) is 9.90 Å². The second-order valence-electron chi connectivity index (χ2n) is 6.16. The monoisotopic (exact) mass is 405 g/mol. The number of aromatic nitrogens is 2. The number of pyridine rings is 1. The highest BCUT2D eigenvalue weighted by Gasteiger charge is 2.26. The van der Waals surface area contributed by atoms with Gasteiger partial charge in [0.05, 0.1) is 21.0 Å². The van der Waals surface area contributed by atoms with Gasteiger partial charge in [-0.15, -0.1) is 11.3 Å². The molecule has 3 aromatic rings. The molecule has 0 spiro atoms. The summed E-state index contributed by atoms with van der Waals surface area (Å²) in [5.74, 6) is 0.727. The standard InChI is InChI=1S/C18H19N3O2S3/c22-26(23,21-10-4-1-5-11-21)14-8-9-17(19-12-14)24-13-18-20-15-6-2-3-7-16(15)25-18/h2-3,6-9,12H,1,4-5,10-11,13H2. The highest BCUT2D eigenvalue weighted by atomic mass is 32.2. The summed E-state index contributed by atoms with van der Waals surface area (Å²) in [6, 6.07) is 11.5. The molecule has 26 heavy (non-hydrogen) atoms. The molecule has 0 amide bonds. The van der Waals surface area contributed by atoms with E-state index in [0.29, 0.717) is 13.1 Å². The molecule has 0 saturated carbocycles. The van der Waals surface area contributed by atoms with Crippen molar-refractivity contribution in [2.75, 3.05) is 13.1 Å². The van der Waals surface area contributed by atoms with Crippen molar-refractivity contribution in [1.82, 2.24) is 14.3 Å². The van der Waals surface area contributed by atoms with Gasteiger partial charge in [-0.1, -0.05) is 30.3 Å². The lowest BCUT2D eigenvalue weighted by atomic mass is 10.2. The number of fused-ring (bicyclic) bond motifs is 1. The van der Waals surface area contributed by atoms with E-state index >= 15 is 0 Å². The zero-order valence-corrected chi connectivity index (χ0v) is 16.6. The van der Waals surface area contributed by atoms with Crippen LogP contribution in [0.25, 0.3) is 10.2 Å². The number of thioether (sulfide) groups is 1. The van der Waals surface area contributed by atoms with Crippen LogP contribution in [0.4, 0.5) is 0 Å². The van der Waals surface area contributed by atoms with Gasteiger partial charge in [-0.3, -0.25) is 0 Å². The first-order valence-electron chi connectivity index (χ1n) is 8.56. The lowest BCUT2D eigenvalue weighted by molar-refractivity contribution is 0.346. The van der Waals surface area contributed by atoms with Crippen molar-refractivity contribution in [1.29, 1.82) is 0 Å². The summed E-state index contributed by atoms with van der Waals surface area (Å²) < 4.78 is 28.0. The third kappa shape index (κ3) is 3.78. The van der Waals surface area contributed by atoms with Crippen molar-refractivity contribution in [2.24, 2.45) is 0 Å². The Morgan fingerprint density at radius 2 is 1.88 bits per heavy atom. The Balaban J connectivity index is 1.44. The highest BCUT2D eigenvalue weighted by Crippen LogP contribution is 2.28. The van der Waals surface area contributed by atoms with Crippen molar-refractivity contribution >= 4 is 43.3 Å². The Hall–Kier alpha value is -1.48. The molecule has 0 N–H and O–H groups in total. The van der Waals surface area contributed by atoms with Crippen LogP contribution < -0.4 is 0 Å². The number of rotatable bonds is 5. The maximum atomic E-state index is 12.6. The van der Waals surface area contributed by atoms with Gasteiger partial charge in [0.15, 0.2) is 0 Å². The molecule has 0 aliphatic carbocycles. The Morgan fingerprint density at radius 3 is 2.62 bits per heavy atom. The minimum absolute atomic E-state index is 0.281. The van der Waals surface area contributed by atoms with Gasteiger partial charge >= 0.3 is 0 Å². The van der Waals surface area contributed by atoms with Crippen molar-refractivity contribution < 1.29 is 8.42 Å². The van der Waals surface area contributed by atoms with Crippen molar-refractivity contribution in [2.45, 2.75) is 34.9 Å². The number of piperidine rings is 1. The van der Waals surface area contributed by atoms with Gasteiger partial charge in [0.2, 0.25) is 10.0 Å². The third-order valence-corrected chi connectivity index (χ3v) is 8.40.